The van der Waals surface area contributed by atoms with E-state index in [1.807, 2.05) is 38.1 Å². The summed E-state index contributed by atoms with van der Waals surface area (Å²) in [4.78, 5) is 23.3. The van der Waals surface area contributed by atoms with E-state index in [4.69, 9.17) is 5.11 Å². The molecule has 23 heavy (non-hydrogen) atoms. The number of amides is 1. The maximum absolute atomic E-state index is 12.1. The van der Waals surface area contributed by atoms with Crippen LogP contribution in [0.5, 0.6) is 0 Å². The zero-order valence-electron chi connectivity index (χ0n) is 13.4. The molecule has 2 rings (SSSR count). The molecule has 0 saturated carbocycles. The van der Waals surface area contributed by atoms with Crippen molar-refractivity contribution < 1.29 is 14.7 Å². The molecule has 0 aliphatic carbocycles. The summed E-state index contributed by atoms with van der Waals surface area (Å²) < 4.78 is 1.34. The van der Waals surface area contributed by atoms with Gasteiger partial charge in [-0.1, -0.05) is 38.1 Å². The van der Waals surface area contributed by atoms with Crippen LogP contribution in [0.25, 0.3) is 0 Å². The third-order valence-electron chi connectivity index (χ3n) is 3.46. The predicted octanol–water partition coefficient (Wildman–Crippen LogP) is 2.30. The lowest BCUT2D eigenvalue weighted by Gasteiger charge is -2.10. The lowest BCUT2D eigenvalue weighted by atomic mass is 10.1. The number of anilines is 1. The Bertz CT molecular complexity index is 705. The Morgan fingerprint density at radius 3 is 2.43 bits per heavy atom. The fourth-order valence-corrected chi connectivity index (χ4v) is 2.32. The number of hydrogen-bond acceptors (Lipinski definition) is 4. The van der Waals surface area contributed by atoms with Gasteiger partial charge in [0.1, 0.15) is 6.54 Å². The van der Waals surface area contributed by atoms with Crippen LogP contribution in [0.1, 0.15) is 48.4 Å². The average molecular weight is 316 g/mol. The molecule has 1 aromatic heterocycles. The standard InChI is InChI=1S/C16H20N4O3/c1-4-11-5-7-12(8-6-11)17-13(21)9-20-15(10(2)3)14(16(22)23)18-19-20/h5-8,10H,4,9H2,1-3H3,(H,17,21)(H,22,23). The fraction of sp³-hybridized carbons (Fsp3) is 0.375. The minimum absolute atomic E-state index is 0.0800. The Hall–Kier alpha value is -2.70. The zero-order valence-corrected chi connectivity index (χ0v) is 13.4. The van der Waals surface area contributed by atoms with Crippen LogP contribution in [-0.2, 0) is 17.8 Å². The largest absolute Gasteiger partial charge is 0.476 e. The number of nitrogens with zero attached hydrogens (tertiary/aromatic N) is 3. The number of carboxylic acids is 1. The second-order valence-corrected chi connectivity index (χ2v) is 5.54. The first-order valence-corrected chi connectivity index (χ1v) is 7.47. The van der Waals surface area contributed by atoms with E-state index in [9.17, 15) is 9.59 Å². The number of aryl methyl sites for hydroxylation is 1. The van der Waals surface area contributed by atoms with Crippen molar-refractivity contribution in [3.8, 4) is 0 Å². The smallest absolute Gasteiger partial charge is 0.358 e. The summed E-state index contributed by atoms with van der Waals surface area (Å²) in [6.07, 6.45) is 0.933. The third-order valence-corrected chi connectivity index (χ3v) is 3.46. The number of benzene rings is 1. The van der Waals surface area contributed by atoms with Gasteiger partial charge in [-0.2, -0.15) is 0 Å². The highest BCUT2D eigenvalue weighted by Gasteiger charge is 2.22. The summed E-state index contributed by atoms with van der Waals surface area (Å²) in [6, 6.07) is 7.58. The summed E-state index contributed by atoms with van der Waals surface area (Å²) in [5.74, 6) is -1.53. The number of aromatic nitrogens is 3. The molecule has 7 heteroatoms. The summed E-state index contributed by atoms with van der Waals surface area (Å²) in [6.45, 7) is 5.65. The molecule has 0 bridgehead atoms. The van der Waals surface area contributed by atoms with Crippen LogP contribution < -0.4 is 5.32 Å². The van der Waals surface area contributed by atoms with E-state index in [0.29, 0.717) is 11.4 Å². The van der Waals surface area contributed by atoms with Crippen LogP contribution in [0.3, 0.4) is 0 Å². The van der Waals surface area contributed by atoms with Crippen molar-refractivity contribution >= 4 is 17.6 Å². The van der Waals surface area contributed by atoms with Crippen LogP contribution in [0.4, 0.5) is 5.69 Å². The van der Waals surface area contributed by atoms with Crippen molar-refractivity contribution in [1.29, 1.82) is 0 Å². The summed E-state index contributed by atoms with van der Waals surface area (Å²) >= 11 is 0. The summed E-state index contributed by atoms with van der Waals surface area (Å²) in [5, 5.41) is 19.3. The molecule has 2 N–H and O–H groups in total. The van der Waals surface area contributed by atoms with Gasteiger partial charge in [-0.15, -0.1) is 5.10 Å². The number of carboxylic acid groups (broad SMARTS) is 1. The summed E-state index contributed by atoms with van der Waals surface area (Å²) in [5.41, 5.74) is 2.21. The molecule has 1 aromatic carbocycles. The number of rotatable bonds is 6. The van der Waals surface area contributed by atoms with Gasteiger partial charge in [-0.05, 0) is 30.0 Å². The van der Waals surface area contributed by atoms with Gasteiger partial charge in [-0.3, -0.25) is 4.79 Å². The molecule has 0 aliphatic heterocycles. The minimum Gasteiger partial charge on any atom is -0.476 e. The van der Waals surface area contributed by atoms with E-state index < -0.39 is 5.97 Å². The quantitative estimate of drug-likeness (QED) is 0.852. The van der Waals surface area contributed by atoms with Crippen LogP contribution in [0.15, 0.2) is 24.3 Å². The molecular weight excluding hydrogens is 296 g/mol. The molecule has 0 unspecified atom stereocenters. The third kappa shape index (κ3) is 3.94. The van der Waals surface area contributed by atoms with Gasteiger partial charge in [0.15, 0.2) is 5.69 Å². The van der Waals surface area contributed by atoms with Gasteiger partial charge in [-0.25, -0.2) is 9.48 Å². The van der Waals surface area contributed by atoms with Gasteiger partial charge < -0.3 is 10.4 Å². The number of hydrogen-bond donors (Lipinski definition) is 2. The number of carbonyl (C=O) groups is 2. The summed E-state index contributed by atoms with van der Waals surface area (Å²) in [7, 11) is 0. The molecule has 0 atom stereocenters. The highest BCUT2D eigenvalue weighted by atomic mass is 16.4. The van der Waals surface area contributed by atoms with Crippen LogP contribution in [0.2, 0.25) is 0 Å². The molecular formula is C16H20N4O3. The predicted molar refractivity (Wildman–Crippen MR) is 85.5 cm³/mol. The van der Waals surface area contributed by atoms with Crippen molar-refractivity contribution in [3.63, 3.8) is 0 Å². The first kappa shape index (κ1) is 16.7. The molecule has 7 nitrogen and oxygen atoms in total. The van der Waals surface area contributed by atoms with E-state index in [1.165, 1.54) is 10.2 Å². The molecule has 0 fully saturated rings. The average Bonchev–Trinajstić information content (AvgIpc) is 2.92. The van der Waals surface area contributed by atoms with Crippen molar-refractivity contribution in [2.75, 3.05) is 5.32 Å². The maximum atomic E-state index is 12.1. The number of carbonyl (C=O) groups excluding carboxylic acids is 1. The van der Waals surface area contributed by atoms with E-state index in [2.05, 4.69) is 22.6 Å². The van der Waals surface area contributed by atoms with Gasteiger partial charge in [0.25, 0.3) is 0 Å². The van der Waals surface area contributed by atoms with E-state index >= 15 is 0 Å². The van der Waals surface area contributed by atoms with Crippen molar-refractivity contribution in [2.45, 2.75) is 39.7 Å². The Morgan fingerprint density at radius 2 is 1.91 bits per heavy atom. The molecule has 0 saturated heterocycles. The van der Waals surface area contributed by atoms with E-state index in [-0.39, 0.29) is 24.1 Å². The molecule has 2 aromatic rings. The topological polar surface area (TPSA) is 97.1 Å². The lowest BCUT2D eigenvalue weighted by Crippen LogP contribution is -2.21. The van der Waals surface area contributed by atoms with Crippen molar-refractivity contribution in [2.24, 2.45) is 0 Å². The Morgan fingerprint density at radius 1 is 1.26 bits per heavy atom. The van der Waals surface area contributed by atoms with Gasteiger partial charge in [0.05, 0.1) is 5.69 Å². The first-order chi connectivity index (χ1) is 10.9. The monoisotopic (exact) mass is 316 g/mol. The van der Waals surface area contributed by atoms with Crippen LogP contribution in [-0.4, -0.2) is 32.0 Å². The molecule has 0 aliphatic rings. The van der Waals surface area contributed by atoms with E-state index in [1.54, 1.807) is 0 Å². The second kappa shape index (κ2) is 7.04. The lowest BCUT2D eigenvalue weighted by molar-refractivity contribution is -0.117. The Balaban J connectivity index is 2.12. The SMILES string of the molecule is CCc1ccc(NC(=O)Cn2nnc(C(=O)O)c2C(C)C)cc1. The number of nitrogens with one attached hydrogen (secondary N) is 1. The van der Waals surface area contributed by atoms with Gasteiger partial charge in [0.2, 0.25) is 5.91 Å². The van der Waals surface area contributed by atoms with Crippen molar-refractivity contribution in [1.82, 2.24) is 15.0 Å². The highest BCUT2D eigenvalue weighted by molar-refractivity contribution is 5.91. The highest BCUT2D eigenvalue weighted by Crippen LogP contribution is 2.18. The minimum atomic E-state index is -1.14. The molecule has 1 amide bonds. The normalized spacial score (nSPS) is 10.8. The van der Waals surface area contributed by atoms with Crippen LogP contribution >= 0.6 is 0 Å². The fourth-order valence-electron chi connectivity index (χ4n) is 2.32. The van der Waals surface area contributed by atoms with E-state index in [0.717, 1.165) is 6.42 Å². The Labute approximate surface area is 134 Å². The number of aromatic carboxylic acids is 1. The zero-order chi connectivity index (χ0) is 17.0. The second-order valence-electron chi connectivity index (χ2n) is 5.54. The van der Waals surface area contributed by atoms with Crippen molar-refractivity contribution in [3.05, 3.63) is 41.2 Å². The molecule has 122 valence electrons. The van der Waals surface area contributed by atoms with Gasteiger partial charge in [0, 0.05) is 5.69 Å². The Kier molecular flexibility index (Phi) is 5.10. The first-order valence-electron chi connectivity index (χ1n) is 7.47. The molecule has 0 spiro atoms. The van der Waals surface area contributed by atoms with Gasteiger partial charge >= 0.3 is 5.97 Å². The molecule has 1 heterocycles. The maximum Gasteiger partial charge on any atom is 0.358 e. The molecule has 0 radical (unpaired) electrons. The van der Waals surface area contributed by atoms with Crippen LogP contribution in [0, 0.1) is 0 Å².